The molecule has 2 aliphatic rings. The van der Waals surface area contributed by atoms with Gasteiger partial charge in [-0.2, -0.15) is 0 Å². The van der Waals surface area contributed by atoms with Crippen LogP contribution in [0.2, 0.25) is 0 Å². The van der Waals surface area contributed by atoms with Crippen molar-refractivity contribution in [2.75, 3.05) is 19.6 Å². The van der Waals surface area contributed by atoms with E-state index in [0.717, 1.165) is 25.9 Å². The predicted molar refractivity (Wildman–Crippen MR) is 75.8 cm³/mol. The van der Waals surface area contributed by atoms with Crippen LogP contribution >= 0.6 is 0 Å². The molecule has 1 amide bonds. The largest absolute Gasteiger partial charge is 0.342 e. The van der Waals surface area contributed by atoms with E-state index in [1.165, 1.54) is 11.1 Å². The number of rotatable bonds is 3. The lowest BCUT2D eigenvalue weighted by Crippen LogP contribution is -2.31. The van der Waals surface area contributed by atoms with Crippen molar-refractivity contribution in [3.63, 3.8) is 0 Å². The Bertz CT molecular complexity index is 485. The van der Waals surface area contributed by atoms with Crippen molar-refractivity contribution in [1.29, 1.82) is 0 Å². The zero-order chi connectivity index (χ0) is 13.4. The van der Waals surface area contributed by atoms with Gasteiger partial charge in [-0.25, -0.2) is 0 Å². The van der Waals surface area contributed by atoms with Gasteiger partial charge in [-0.05, 0) is 49.3 Å². The molecule has 3 nitrogen and oxygen atoms in total. The Kier molecular flexibility index (Phi) is 3.31. The summed E-state index contributed by atoms with van der Waals surface area (Å²) in [7, 11) is 0. The molecule has 3 heteroatoms. The van der Waals surface area contributed by atoms with Crippen molar-refractivity contribution in [1.82, 2.24) is 4.90 Å². The van der Waals surface area contributed by atoms with Crippen molar-refractivity contribution in [3.05, 3.63) is 35.4 Å². The zero-order valence-corrected chi connectivity index (χ0v) is 11.5. The number of nitrogens with two attached hydrogens (primary N) is 1. The quantitative estimate of drug-likeness (QED) is 0.900. The molecule has 3 rings (SSSR count). The molecule has 0 aromatic heterocycles. The van der Waals surface area contributed by atoms with E-state index in [0.29, 0.717) is 24.3 Å². The minimum atomic E-state index is 0.220. The Morgan fingerprint density at radius 3 is 2.89 bits per heavy atom. The average molecular weight is 258 g/mol. The predicted octanol–water partition coefficient (Wildman–Crippen LogP) is 1.91. The molecule has 1 heterocycles. The van der Waals surface area contributed by atoms with Gasteiger partial charge in [0.2, 0.25) is 5.91 Å². The van der Waals surface area contributed by atoms with E-state index in [4.69, 9.17) is 5.73 Å². The topological polar surface area (TPSA) is 46.3 Å². The van der Waals surface area contributed by atoms with Crippen LogP contribution < -0.4 is 5.73 Å². The summed E-state index contributed by atoms with van der Waals surface area (Å²) >= 11 is 0. The monoisotopic (exact) mass is 258 g/mol. The van der Waals surface area contributed by atoms with Crippen LogP contribution in [0.5, 0.6) is 0 Å². The van der Waals surface area contributed by atoms with Crippen molar-refractivity contribution in [3.8, 4) is 0 Å². The van der Waals surface area contributed by atoms with Gasteiger partial charge in [0.15, 0.2) is 0 Å². The van der Waals surface area contributed by atoms with Gasteiger partial charge in [-0.15, -0.1) is 0 Å². The van der Waals surface area contributed by atoms with E-state index in [2.05, 4.69) is 31.2 Å². The van der Waals surface area contributed by atoms with Gasteiger partial charge in [0.1, 0.15) is 0 Å². The van der Waals surface area contributed by atoms with Crippen LogP contribution in [0, 0.1) is 18.8 Å². The molecule has 3 atom stereocenters. The second-order valence-corrected chi connectivity index (χ2v) is 5.98. The van der Waals surface area contributed by atoms with Gasteiger partial charge in [0.05, 0.1) is 0 Å². The smallest absolute Gasteiger partial charge is 0.226 e. The summed E-state index contributed by atoms with van der Waals surface area (Å²) < 4.78 is 0. The summed E-state index contributed by atoms with van der Waals surface area (Å²) in [4.78, 5) is 14.5. The molecule has 1 aromatic carbocycles. The molecule has 1 saturated carbocycles. The van der Waals surface area contributed by atoms with Gasteiger partial charge < -0.3 is 10.6 Å². The minimum Gasteiger partial charge on any atom is -0.342 e. The molecule has 0 radical (unpaired) electrons. The van der Waals surface area contributed by atoms with E-state index in [1.807, 2.05) is 4.90 Å². The van der Waals surface area contributed by atoms with Gasteiger partial charge >= 0.3 is 0 Å². The summed E-state index contributed by atoms with van der Waals surface area (Å²) in [5, 5.41) is 0. The zero-order valence-electron chi connectivity index (χ0n) is 11.5. The molecule has 19 heavy (non-hydrogen) atoms. The standard InChI is InChI=1S/C16H22N2O/c1-11-4-2-3-5-13(11)14-8-15(14)16(19)18-7-6-12(9-17)10-18/h2-5,12,14-15H,6-10,17H2,1H3/t12-,14-,15-/m0/s1. The molecule has 1 aromatic rings. The first-order valence-corrected chi connectivity index (χ1v) is 7.25. The third-order valence-electron chi connectivity index (χ3n) is 4.63. The highest BCUT2D eigenvalue weighted by molar-refractivity contribution is 5.83. The third-order valence-corrected chi connectivity index (χ3v) is 4.63. The maximum atomic E-state index is 12.4. The normalized spacial score (nSPS) is 29.6. The molecule has 2 fully saturated rings. The lowest BCUT2D eigenvalue weighted by atomic mass is 10.0. The van der Waals surface area contributed by atoms with Crippen LogP contribution in [0.3, 0.4) is 0 Å². The van der Waals surface area contributed by atoms with E-state index in [1.54, 1.807) is 0 Å². The number of hydrogen-bond donors (Lipinski definition) is 1. The summed E-state index contributed by atoms with van der Waals surface area (Å²) in [5.41, 5.74) is 8.35. The van der Waals surface area contributed by atoms with Gasteiger partial charge in [-0.3, -0.25) is 4.79 Å². The highest BCUT2D eigenvalue weighted by atomic mass is 16.2. The first-order chi connectivity index (χ1) is 9.20. The van der Waals surface area contributed by atoms with E-state index < -0.39 is 0 Å². The van der Waals surface area contributed by atoms with E-state index >= 15 is 0 Å². The van der Waals surface area contributed by atoms with Crippen LogP contribution in [-0.4, -0.2) is 30.4 Å². The van der Waals surface area contributed by atoms with Gasteiger partial charge in [0, 0.05) is 19.0 Å². The number of aryl methyl sites for hydroxylation is 1. The van der Waals surface area contributed by atoms with Crippen molar-refractivity contribution >= 4 is 5.91 Å². The average Bonchev–Trinajstić information content (AvgIpc) is 3.07. The van der Waals surface area contributed by atoms with Gasteiger partial charge in [0.25, 0.3) is 0 Å². The highest BCUT2D eigenvalue weighted by Gasteiger charge is 2.47. The minimum absolute atomic E-state index is 0.220. The lowest BCUT2D eigenvalue weighted by molar-refractivity contribution is -0.131. The Hall–Kier alpha value is -1.35. The second kappa shape index (κ2) is 4.97. The molecule has 102 valence electrons. The first-order valence-electron chi connectivity index (χ1n) is 7.25. The maximum absolute atomic E-state index is 12.4. The first kappa shape index (κ1) is 12.7. The second-order valence-electron chi connectivity index (χ2n) is 5.98. The molecular formula is C16H22N2O. The third kappa shape index (κ3) is 2.39. The van der Waals surface area contributed by atoms with Crippen molar-refractivity contribution in [2.45, 2.75) is 25.7 Å². The fourth-order valence-electron chi connectivity index (χ4n) is 3.27. The van der Waals surface area contributed by atoms with Crippen LogP contribution in [0.1, 0.15) is 29.9 Å². The number of amides is 1. The van der Waals surface area contributed by atoms with Crippen molar-refractivity contribution in [2.24, 2.45) is 17.6 Å². The van der Waals surface area contributed by atoms with Crippen LogP contribution in [-0.2, 0) is 4.79 Å². The van der Waals surface area contributed by atoms with Crippen molar-refractivity contribution < 1.29 is 4.79 Å². The molecule has 0 spiro atoms. The number of benzene rings is 1. The number of carbonyl (C=O) groups is 1. The van der Waals surface area contributed by atoms with Gasteiger partial charge in [-0.1, -0.05) is 24.3 Å². The van der Waals surface area contributed by atoms with E-state index in [-0.39, 0.29) is 5.92 Å². The molecule has 0 unspecified atom stereocenters. The number of hydrogen-bond acceptors (Lipinski definition) is 2. The summed E-state index contributed by atoms with van der Waals surface area (Å²) in [6.45, 7) is 4.61. The number of likely N-dealkylation sites (tertiary alicyclic amines) is 1. The highest BCUT2D eigenvalue weighted by Crippen LogP contribution is 2.49. The molecular weight excluding hydrogens is 236 g/mol. The fraction of sp³-hybridized carbons (Fsp3) is 0.562. The molecule has 0 bridgehead atoms. The maximum Gasteiger partial charge on any atom is 0.226 e. The fourth-order valence-corrected chi connectivity index (χ4v) is 3.27. The summed E-state index contributed by atoms with van der Waals surface area (Å²) in [6, 6.07) is 8.43. The van der Waals surface area contributed by atoms with Crippen LogP contribution in [0.4, 0.5) is 0 Å². The Morgan fingerprint density at radius 1 is 1.42 bits per heavy atom. The number of carbonyl (C=O) groups excluding carboxylic acids is 1. The number of nitrogens with zero attached hydrogens (tertiary/aromatic N) is 1. The molecule has 1 saturated heterocycles. The van der Waals surface area contributed by atoms with Crippen LogP contribution in [0.25, 0.3) is 0 Å². The SMILES string of the molecule is Cc1ccccc1[C@@H]1C[C@@H]1C(=O)N1CC[C@@H](CN)C1. The van der Waals surface area contributed by atoms with E-state index in [9.17, 15) is 4.79 Å². The Morgan fingerprint density at radius 2 is 2.21 bits per heavy atom. The lowest BCUT2D eigenvalue weighted by Gasteiger charge is -2.16. The van der Waals surface area contributed by atoms with Crippen LogP contribution in [0.15, 0.2) is 24.3 Å². The summed E-state index contributed by atoms with van der Waals surface area (Å²) in [6.07, 6.45) is 2.09. The molecule has 1 aliphatic carbocycles. The summed E-state index contributed by atoms with van der Waals surface area (Å²) in [5.74, 6) is 1.53. The molecule has 1 aliphatic heterocycles. The Balaban J connectivity index is 1.64. The Labute approximate surface area is 114 Å². The molecule has 2 N–H and O–H groups in total.